The van der Waals surface area contributed by atoms with E-state index in [9.17, 15) is 19.5 Å². The summed E-state index contributed by atoms with van der Waals surface area (Å²) in [6.45, 7) is 6.33. The van der Waals surface area contributed by atoms with Gasteiger partial charge in [-0.1, -0.05) is 70.9 Å². The van der Waals surface area contributed by atoms with Gasteiger partial charge in [-0.25, -0.2) is 0 Å². The molecule has 4 heteroatoms. The van der Waals surface area contributed by atoms with Gasteiger partial charge in [-0.05, 0) is 61.2 Å². The van der Waals surface area contributed by atoms with E-state index < -0.39 is 22.2 Å². The Hall–Kier alpha value is -1.45. The second kappa shape index (κ2) is 7.53. The van der Waals surface area contributed by atoms with Gasteiger partial charge in [0.1, 0.15) is 17.5 Å². The highest BCUT2D eigenvalue weighted by Crippen LogP contribution is 2.83. The first-order chi connectivity index (χ1) is 15.3. The van der Waals surface area contributed by atoms with E-state index in [1.165, 1.54) is 32.1 Å². The highest BCUT2D eigenvalue weighted by atomic mass is 16.4. The minimum absolute atomic E-state index is 0.0246. The Morgan fingerprint density at radius 3 is 2.47 bits per heavy atom. The van der Waals surface area contributed by atoms with Crippen molar-refractivity contribution in [1.82, 2.24) is 0 Å². The van der Waals surface area contributed by atoms with Crippen molar-refractivity contribution in [2.45, 2.75) is 91.4 Å². The maximum Gasteiger partial charge on any atom is 0.315 e. The number of carbonyl (C=O) groups is 3. The van der Waals surface area contributed by atoms with Gasteiger partial charge in [0.25, 0.3) is 0 Å². The van der Waals surface area contributed by atoms with Crippen LogP contribution in [0, 0.1) is 51.8 Å². The van der Waals surface area contributed by atoms with Crippen LogP contribution < -0.4 is 0 Å². The van der Waals surface area contributed by atoms with Crippen molar-refractivity contribution < 1.29 is 19.5 Å². The molecule has 0 radical (unpaired) electrons. The van der Waals surface area contributed by atoms with E-state index in [1.807, 2.05) is 13.8 Å². The summed E-state index contributed by atoms with van der Waals surface area (Å²) < 4.78 is 0. The minimum atomic E-state index is -1.34. The fourth-order valence-electron chi connectivity index (χ4n) is 9.74. The van der Waals surface area contributed by atoms with Crippen molar-refractivity contribution in [3.05, 3.63) is 11.6 Å². The molecule has 4 bridgehead atoms. The molecule has 5 rings (SSSR count). The highest BCUT2D eigenvalue weighted by Gasteiger charge is 2.85. The van der Waals surface area contributed by atoms with E-state index in [0.717, 1.165) is 31.1 Å². The Balaban J connectivity index is 1.62. The number of fused-ring (bicyclic) bond motifs is 2. The summed E-state index contributed by atoms with van der Waals surface area (Å²) in [5, 5.41) is 11.0. The fourth-order valence-corrected chi connectivity index (χ4v) is 9.74. The maximum absolute atomic E-state index is 14.3. The average Bonchev–Trinajstić information content (AvgIpc) is 3.36. The first-order valence-corrected chi connectivity index (χ1v) is 13.2. The summed E-state index contributed by atoms with van der Waals surface area (Å²) in [7, 11) is 0. The second-order valence-electron chi connectivity index (χ2n) is 12.3. The third-order valence-corrected chi connectivity index (χ3v) is 10.9. The van der Waals surface area contributed by atoms with E-state index in [4.69, 9.17) is 0 Å². The van der Waals surface area contributed by atoms with E-state index >= 15 is 0 Å². The van der Waals surface area contributed by atoms with Crippen LogP contribution in [0.4, 0.5) is 0 Å². The lowest BCUT2D eigenvalue weighted by Crippen LogP contribution is -2.64. The van der Waals surface area contributed by atoms with Crippen molar-refractivity contribution >= 4 is 18.0 Å². The summed E-state index contributed by atoms with van der Waals surface area (Å²) in [5.41, 5.74) is -2.31. The number of hydrogen-bond acceptors (Lipinski definition) is 3. The largest absolute Gasteiger partial charge is 0.481 e. The molecule has 5 aliphatic carbocycles. The van der Waals surface area contributed by atoms with Gasteiger partial charge in [0.05, 0.1) is 10.8 Å². The first-order valence-electron chi connectivity index (χ1n) is 13.2. The molecule has 0 aromatic rings. The molecule has 176 valence electrons. The van der Waals surface area contributed by atoms with E-state index in [0.29, 0.717) is 31.1 Å². The smallest absolute Gasteiger partial charge is 0.315 e. The molecule has 5 aliphatic rings. The Kier molecular flexibility index (Phi) is 5.26. The Morgan fingerprint density at radius 2 is 1.84 bits per heavy atom. The van der Waals surface area contributed by atoms with Crippen LogP contribution in [0.1, 0.15) is 91.4 Å². The van der Waals surface area contributed by atoms with Gasteiger partial charge in [-0.2, -0.15) is 0 Å². The third kappa shape index (κ3) is 2.48. The van der Waals surface area contributed by atoms with Crippen molar-refractivity contribution in [3.8, 4) is 0 Å². The maximum atomic E-state index is 14.3. The molecular formula is C28H40O4. The lowest BCUT2D eigenvalue weighted by molar-refractivity contribution is -0.183. The number of hydrogen-bond donors (Lipinski definition) is 1. The molecule has 0 unspecified atom stereocenters. The number of ketones is 1. The topological polar surface area (TPSA) is 71.4 Å². The van der Waals surface area contributed by atoms with Crippen LogP contribution in [0.2, 0.25) is 0 Å². The number of carbonyl (C=O) groups excluding carboxylic acids is 2. The van der Waals surface area contributed by atoms with E-state index in [1.54, 1.807) is 0 Å². The van der Waals surface area contributed by atoms with Gasteiger partial charge in [0, 0.05) is 6.42 Å². The Morgan fingerprint density at radius 1 is 1.12 bits per heavy atom. The molecule has 0 aromatic heterocycles. The molecular weight excluding hydrogens is 400 g/mol. The summed E-state index contributed by atoms with van der Waals surface area (Å²) in [6.07, 6.45) is 13.9. The zero-order chi connectivity index (χ0) is 22.9. The summed E-state index contributed by atoms with van der Waals surface area (Å²) in [6, 6.07) is 0. The monoisotopic (exact) mass is 440 g/mol. The normalized spacial score (nSPS) is 45.1. The van der Waals surface area contributed by atoms with Crippen LogP contribution in [0.25, 0.3) is 0 Å². The zero-order valence-corrected chi connectivity index (χ0v) is 20.1. The van der Waals surface area contributed by atoms with Crippen LogP contribution in [-0.2, 0) is 14.4 Å². The van der Waals surface area contributed by atoms with Crippen LogP contribution >= 0.6 is 0 Å². The predicted octanol–water partition coefficient (Wildman–Crippen LogP) is 5.84. The molecule has 0 aromatic carbocycles. The summed E-state index contributed by atoms with van der Waals surface area (Å²) >= 11 is 0. The number of allylic oxidation sites excluding steroid dienone is 1. The number of carboxylic acids is 1. The SMILES string of the molecule is CC(C)C1=C[C@H]2C[C@]3(C=O)[C@@H]4CC[C@@H](C)[C@H]4C[C@@]2(C(=O)CCC2CCCCC2)[C@]13C(=O)O. The Bertz CT molecular complexity index is 851. The molecule has 0 amide bonds. The third-order valence-electron chi connectivity index (χ3n) is 10.9. The lowest BCUT2D eigenvalue weighted by Gasteiger charge is -2.57. The van der Waals surface area contributed by atoms with Crippen molar-refractivity contribution in [2.75, 3.05) is 0 Å². The molecule has 1 N–H and O–H groups in total. The quantitative estimate of drug-likeness (QED) is 0.399. The summed E-state index contributed by atoms with van der Waals surface area (Å²) in [4.78, 5) is 40.7. The van der Waals surface area contributed by atoms with E-state index in [-0.39, 0.29) is 29.5 Å². The molecule has 0 aliphatic heterocycles. The molecule has 0 heterocycles. The number of carboxylic acid groups (broad SMARTS) is 1. The Labute approximate surface area is 192 Å². The van der Waals surface area contributed by atoms with Gasteiger partial charge in [0.2, 0.25) is 0 Å². The van der Waals surface area contributed by atoms with Crippen LogP contribution in [-0.4, -0.2) is 23.1 Å². The molecule has 0 spiro atoms. The molecule has 0 saturated heterocycles. The fraction of sp³-hybridized carbons (Fsp3) is 0.821. The molecule has 32 heavy (non-hydrogen) atoms. The zero-order valence-electron chi connectivity index (χ0n) is 20.1. The molecule has 4 nitrogen and oxygen atoms in total. The number of aldehydes is 1. The molecule has 4 saturated carbocycles. The van der Waals surface area contributed by atoms with Crippen molar-refractivity contribution in [3.63, 3.8) is 0 Å². The molecule has 4 fully saturated rings. The minimum Gasteiger partial charge on any atom is -0.481 e. The standard InChI is InChI=1S/C28H40O4/c1-17(2)23-13-20-14-26(16-29)22-11-9-18(3)21(22)15-27(20,28(23,26)25(31)32)24(30)12-10-19-7-5-4-6-8-19/h13,16-22H,4-12,14-15H2,1-3H3,(H,31,32)/t18-,20+,21-,22-,26+,27-,28+/m1/s1. The second-order valence-corrected chi connectivity index (χ2v) is 12.3. The van der Waals surface area contributed by atoms with Crippen molar-refractivity contribution in [2.24, 2.45) is 51.8 Å². The first kappa shape index (κ1) is 22.3. The number of rotatable bonds is 7. The predicted molar refractivity (Wildman–Crippen MR) is 123 cm³/mol. The van der Waals surface area contributed by atoms with Gasteiger partial charge in [0.15, 0.2) is 0 Å². The van der Waals surface area contributed by atoms with Gasteiger partial charge in [-0.3, -0.25) is 9.59 Å². The van der Waals surface area contributed by atoms with Crippen LogP contribution in [0.3, 0.4) is 0 Å². The van der Waals surface area contributed by atoms with Crippen LogP contribution in [0.15, 0.2) is 11.6 Å². The van der Waals surface area contributed by atoms with Crippen molar-refractivity contribution in [1.29, 1.82) is 0 Å². The average molecular weight is 441 g/mol. The number of aliphatic carboxylic acids is 1. The van der Waals surface area contributed by atoms with Gasteiger partial charge < -0.3 is 9.90 Å². The lowest BCUT2D eigenvalue weighted by atomic mass is 9.42. The summed E-state index contributed by atoms with van der Waals surface area (Å²) in [5.74, 6) is 0.607. The van der Waals surface area contributed by atoms with Gasteiger partial charge >= 0.3 is 5.97 Å². The van der Waals surface area contributed by atoms with Crippen LogP contribution in [0.5, 0.6) is 0 Å². The highest BCUT2D eigenvalue weighted by molar-refractivity contribution is 6.01. The van der Waals surface area contributed by atoms with E-state index in [2.05, 4.69) is 13.0 Å². The molecule has 7 atom stereocenters. The van der Waals surface area contributed by atoms with Gasteiger partial charge in [-0.15, -0.1) is 0 Å². The number of Topliss-reactive ketones (excluding diaryl/α,β-unsaturated/α-hetero) is 1.